The third-order valence-electron chi connectivity index (χ3n) is 6.06. The molecule has 2 aromatic carbocycles. The molecule has 3 aromatic rings. The third-order valence-corrected chi connectivity index (χ3v) is 7.03. The maximum absolute atomic E-state index is 12.8. The van der Waals surface area contributed by atoms with Crippen molar-refractivity contribution in [2.24, 2.45) is 0 Å². The second-order valence-corrected chi connectivity index (χ2v) is 10.3. The number of amides is 1. The van der Waals surface area contributed by atoms with Crippen molar-refractivity contribution in [3.63, 3.8) is 0 Å². The molecule has 0 radical (unpaired) electrons. The van der Waals surface area contributed by atoms with E-state index in [0.29, 0.717) is 19.5 Å². The fraction of sp³-hybridized carbons (Fsp3) is 0.400. The number of nitrogens with one attached hydrogen (secondary N) is 3. The molecule has 1 aliphatic heterocycles. The minimum Gasteiger partial charge on any atom is -0.368 e. The van der Waals surface area contributed by atoms with Crippen LogP contribution in [-0.2, 0) is 17.9 Å². The summed E-state index contributed by atoms with van der Waals surface area (Å²) >= 11 is 1.74. The number of hydrogen-bond acceptors (Lipinski definition) is 7. The zero-order valence-electron chi connectivity index (χ0n) is 23.9. The van der Waals surface area contributed by atoms with Crippen LogP contribution in [0.4, 0.5) is 10.1 Å². The van der Waals surface area contributed by atoms with Crippen molar-refractivity contribution in [2.75, 3.05) is 44.7 Å². The van der Waals surface area contributed by atoms with Crippen LogP contribution in [0.15, 0.2) is 55.3 Å². The van der Waals surface area contributed by atoms with E-state index < -0.39 is 0 Å². The number of benzene rings is 2. The van der Waals surface area contributed by atoms with Gasteiger partial charge in [0.2, 0.25) is 6.41 Å². The summed E-state index contributed by atoms with van der Waals surface area (Å²) in [6, 6.07) is 11.3. The van der Waals surface area contributed by atoms with Gasteiger partial charge in [0, 0.05) is 61.6 Å². The summed E-state index contributed by atoms with van der Waals surface area (Å²) in [5, 5.41) is 9.06. The van der Waals surface area contributed by atoms with Crippen LogP contribution in [0.2, 0.25) is 0 Å². The van der Waals surface area contributed by atoms with Crippen molar-refractivity contribution >= 4 is 23.4 Å². The average Bonchev–Trinajstić information content (AvgIpc) is 3.54. The molecule has 1 aliphatic rings. The van der Waals surface area contributed by atoms with E-state index in [-0.39, 0.29) is 5.82 Å². The molecule has 0 saturated carbocycles. The molecule has 9 heteroatoms. The molecule has 2 heterocycles. The van der Waals surface area contributed by atoms with Crippen LogP contribution in [0, 0.1) is 19.7 Å². The van der Waals surface area contributed by atoms with Crippen molar-refractivity contribution in [3.05, 3.63) is 82.6 Å². The number of hydrazine groups is 1. The lowest BCUT2D eigenvalue weighted by Crippen LogP contribution is -2.31. The van der Waals surface area contributed by atoms with Crippen LogP contribution in [-0.4, -0.2) is 56.2 Å². The van der Waals surface area contributed by atoms with E-state index in [0.717, 1.165) is 48.9 Å². The van der Waals surface area contributed by atoms with Gasteiger partial charge < -0.3 is 15.5 Å². The van der Waals surface area contributed by atoms with Crippen LogP contribution in [0.3, 0.4) is 0 Å². The summed E-state index contributed by atoms with van der Waals surface area (Å²) in [6.07, 6.45) is 4.50. The Morgan fingerprint density at radius 1 is 1.13 bits per heavy atom. The highest BCUT2D eigenvalue weighted by Gasteiger charge is 2.18. The summed E-state index contributed by atoms with van der Waals surface area (Å²) in [7, 11) is 1.96. The highest BCUT2D eigenvalue weighted by Crippen LogP contribution is 2.29. The molecule has 1 amide bonds. The van der Waals surface area contributed by atoms with Gasteiger partial charge in [-0.25, -0.2) is 14.4 Å². The molecule has 7 nitrogen and oxygen atoms in total. The van der Waals surface area contributed by atoms with Gasteiger partial charge in [0.15, 0.2) is 0 Å². The van der Waals surface area contributed by atoms with E-state index in [1.165, 1.54) is 33.8 Å². The fourth-order valence-corrected chi connectivity index (χ4v) is 4.86. The standard InChI is InChI=1S/C16H20N2S.C9H9FN2O.C5H14N2/c1-5-9-18(6-2)15-8-7-14(10-12(15)3)16-17-11-13(4)19-16;10-9-2-1-7-4-12(11-6-13)5-8(7)3-9;1-3-7-5-4-6-2/h5,7-8,10-11H,1,6,9H2,2-4H3;1-3,6H,4-5H2,(H,11,13);6-7H,3-5H2,1-2H3. The summed E-state index contributed by atoms with van der Waals surface area (Å²) in [4.78, 5) is 18.2. The van der Waals surface area contributed by atoms with E-state index in [1.807, 2.05) is 19.3 Å². The Morgan fingerprint density at radius 2 is 1.90 bits per heavy atom. The molecule has 0 unspecified atom stereocenters. The quantitative estimate of drug-likeness (QED) is 0.175. The van der Waals surface area contributed by atoms with Gasteiger partial charge >= 0.3 is 0 Å². The minimum atomic E-state index is -0.230. The Morgan fingerprint density at radius 3 is 2.49 bits per heavy atom. The number of anilines is 1. The van der Waals surface area contributed by atoms with E-state index >= 15 is 0 Å². The van der Waals surface area contributed by atoms with Crippen LogP contribution in [0.5, 0.6) is 0 Å². The Bertz CT molecular complexity index is 1160. The van der Waals surface area contributed by atoms with Gasteiger partial charge in [0.05, 0.1) is 0 Å². The molecule has 1 aromatic heterocycles. The van der Waals surface area contributed by atoms with Crippen molar-refractivity contribution < 1.29 is 9.18 Å². The molecule has 0 aliphatic carbocycles. The molecular weight excluding hydrogens is 511 g/mol. The first-order valence-corrected chi connectivity index (χ1v) is 14.1. The molecule has 3 N–H and O–H groups in total. The minimum absolute atomic E-state index is 0.230. The summed E-state index contributed by atoms with van der Waals surface area (Å²) < 4.78 is 12.8. The number of carbonyl (C=O) groups excluding carboxylic acids is 1. The summed E-state index contributed by atoms with van der Waals surface area (Å²) in [6.45, 7) is 18.6. The maximum Gasteiger partial charge on any atom is 0.221 e. The zero-order chi connectivity index (χ0) is 28.6. The number of fused-ring (bicyclic) bond motifs is 1. The van der Waals surface area contributed by atoms with E-state index in [4.69, 9.17) is 0 Å². The van der Waals surface area contributed by atoms with Crippen LogP contribution in [0.25, 0.3) is 10.6 Å². The largest absolute Gasteiger partial charge is 0.368 e. The fourth-order valence-electron chi connectivity index (χ4n) is 4.10. The number of nitrogens with zero attached hydrogens (tertiary/aromatic N) is 3. The topological polar surface area (TPSA) is 72.5 Å². The first-order valence-electron chi connectivity index (χ1n) is 13.3. The highest BCUT2D eigenvalue weighted by molar-refractivity contribution is 7.14. The Balaban J connectivity index is 0.000000230. The Labute approximate surface area is 237 Å². The second kappa shape index (κ2) is 17.5. The molecule has 0 saturated heterocycles. The first-order chi connectivity index (χ1) is 18.9. The average molecular weight is 555 g/mol. The second-order valence-electron chi connectivity index (χ2n) is 9.08. The molecule has 212 valence electrons. The van der Waals surface area contributed by atoms with E-state index in [2.05, 4.69) is 78.4 Å². The zero-order valence-corrected chi connectivity index (χ0v) is 24.7. The van der Waals surface area contributed by atoms with Gasteiger partial charge in [-0.1, -0.05) is 19.1 Å². The van der Waals surface area contributed by atoms with Crippen LogP contribution >= 0.6 is 11.3 Å². The lowest BCUT2D eigenvalue weighted by molar-refractivity contribution is -0.114. The molecule has 0 fully saturated rings. The number of hydrogen-bond donors (Lipinski definition) is 3. The molecule has 0 spiro atoms. The first kappa shape index (κ1) is 32.1. The smallest absolute Gasteiger partial charge is 0.221 e. The van der Waals surface area contributed by atoms with Crippen LogP contribution < -0.4 is 21.0 Å². The van der Waals surface area contributed by atoms with Gasteiger partial charge in [-0.15, -0.1) is 17.9 Å². The predicted octanol–water partition coefficient (Wildman–Crippen LogP) is 5.06. The summed E-state index contributed by atoms with van der Waals surface area (Å²) in [5.74, 6) is -0.230. The van der Waals surface area contributed by atoms with Gasteiger partial charge in [0.1, 0.15) is 10.8 Å². The van der Waals surface area contributed by atoms with Gasteiger partial charge in [-0.2, -0.15) is 0 Å². The number of carbonyl (C=O) groups is 1. The third kappa shape index (κ3) is 10.5. The van der Waals surface area contributed by atoms with Gasteiger partial charge in [-0.3, -0.25) is 10.2 Å². The van der Waals surface area contributed by atoms with Crippen molar-refractivity contribution in [1.82, 2.24) is 26.1 Å². The van der Waals surface area contributed by atoms with E-state index in [1.54, 1.807) is 22.4 Å². The number of rotatable bonds is 11. The Hall–Kier alpha value is -3.11. The van der Waals surface area contributed by atoms with Crippen LogP contribution in [0.1, 0.15) is 35.4 Å². The monoisotopic (exact) mass is 554 g/mol. The number of aryl methyl sites for hydroxylation is 2. The van der Waals surface area contributed by atoms with Gasteiger partial charge in [-0.05, 0) is 81.4 Å². The van der Waals surface area contributed by atoms with Crippen molar-refractivity contribution in [2.45, 2.75) is 40.8 Å². The lowest BCUT2D eigenvalue weighted by Gasteiger charge is -2.23. The molecule has 0 atom stereocenters. The maximum atomic E-state index is 12.8. The van der Waals surface area contributed by atoms with Crippen molar-refractivity contribution in [3.8, 4) is 10.6 Å². The SMILES string of the molecule is C=CCN(CC)c1ccc(-c2ncc(C)s2)cc1C.CCNCCNC.O=CNN1Cc2ccc(F)cc2C1. The number of thiazole rings is 1. The molecule has 4 rings (SSSR count). The summed E-state index contributed by atoms with van der Waals surface area (Å²) in [5.41, 5.74) is 8.31. The van der Waals surface area contributed by atoms with Crippen molar-refractivity contribution in [1.29, 1.82) is 0 Å². The van der Waals surface area contributed by atoms with E-state index in [9.17, 15) is 9.18 Å². The molecule has 0 bridgehead atoms. The normalized spacial score (nSPS) is 11.9. The highest BCUT2D eigenvalue weighted by atomic mass is 32.1. The lowest BCUT2D eigenvalue weighted by atomic mass is 10.1. The number of halogens is 1. The Kier molecular flexibility index (Phi) is 14.4. The molecule has 39 heavy (non-hydrogen) atoms. The predicted molar refractivity (Wildman–Crippen MR) is 162 cm³/mol. The van der Waals surface area contributed by atoms with Gasteiger partial charge in [0.25, 0.3) is 0 Å². The number of likely N-dealkylation sites (N-methyl/N-ethyl adjacent to an activating group) is 3. The number of aromatic nitrogens is 1. The molecular formula is C30H43FN6OS.